The van der Waals surface area contributed by atoms with Crippen LogP contribution in [0.5, 0.6) is 11.5 Å². The quantitative estimate of drug-likeness (QED) is 0.525. The number of thiazole rings is 1. The van der Waals surface area contributed by atoms with Gasteiger partial charge in [-0.1, -0.05) is 36.4 Å². The van der Waals surface area contributed by atoms with Crippen LogP contribution < -0.4 is 14.8 Å². The summed E-state index contributed by atoms with van der Waals surface area (Å²) < 4.78 is 11.3. The predicted octanol–water partition coefficient (Wildman–Crippen LogP) is 5.48. The van der Waals surface area contributed by atoms with Crippen LogP contribution in [0, 0.1) is 0 Å². The molecule has 0 unspecified atom stereocenters. The lowest BCUT2D eigenvalue weighted by atomic mass is 10.1. The van der Waals surface area contributed by atoms with Crippen LogP contribution in [0.15, 0.2) is 66.0 Å². The van der Waals surface area contributed by atoms with Crippen molar-refractivity contribution in [3.8, 4) is 22.8 Å². The second-order valence-electron chi connectivity index (χ2n) is 6.05. The molecule has 5 heteroatoms. The fraction of sp³-hybridized carbons (Fsp3) is 0.0952. The molecule has 0 aliphatic carbocycles. The van der Waals surface area contributed by atoms with E-state index in [2.05, 4.69) is 53.2 Å². The topological polar surface area (TPSA) is 43.4 Å². The Morgan fingerprint density at radius 1 is 0.885 bits per heavy atom. The monoisotopic (exact) mass is 360 g/mol. The van der Waals surface area contributed by atoms with Gasteiger partial charge in [0.25, 0.3) is 0 Å². The van der Waals surface area contributed by atoms with Gasteiger partial charge in [-0.3, -0.25) is 0 Å². The molecule has 4 aromatic rings. The lowest BCUT2D eigenvalue weighted by Gasteiger charge is -2.18. The zero-order valence-electron chi connectivity index (χ0n) is 13.9. The predicted molar refractivity (Wildman–Crippen MR) is 106 cm³/mol. The van der Waals surface area contributed by atoms with E-state index in [1.54, 1.807) is 11.3 Å². The second-order valence-corrected chi connectivity index (χ2v) is 6.91. The van der Waals surface area contributed by atoms with Crippen molar-refractivity contribution in [2.45, 2.75) is 0 Å². The van der Waals surface area contributed by atoms with Gasteiger partial charge in [0, 0.05) is 22.0 Å². The summed E-state index contributed by atoms with van der Waals surface area (Å²) in [6, 6.07) is 20.5. The summed E-state index contributed by atoms with van der Waals surface area (Å²) in [6.07, 6.45) is 0. The van der Waals surface area contributed by atoms with E-state index < -0.39 is 0 Å². The summed E-state index contributed by atoms with van der Waals surface area (Å²) >= 11 is 1.59. The molecule has 0 amide bonds. The fourth-order valence-corrected chi connectivity index (χ4v) is 3.85. The highest BCUT2D eigenvalue weighted by Crippen LogP contribution is 2.36. The maximum Gasteiger partial charge on any atom is 0.187 e. The number of nitrogens with zero attached hydrogens (tertiary/aromatic N) is 1. The first-order valence-electron chi connectivity index (χ1n) is 8.47. The summed E-state index contributed by atoms with van der Waals surface area (Å²) in [4.78, 5) is 4.74. The molecule has 0 fully saturated rings. The van der Waals surface area contributed by atoms with Crippen molar-refractivity contribution >= 4 is 32.9 Å². The number of aromatic nitrogens is 1. The van der Waals surface area contributed by atoms with E-state index in [0.29, 0.717) is 13.2 Å². The first kappa shape index (κ1) is 15.2. The Morgan fingerprint density at radius 3 is 2.69 bits per heavy atom. The van der Waals surface area contributed by atoms with Crippen molar-refractivity contribution in [2.75, 3.05) is 18.5 Å². The highest BCUT2D eigenvalue weighted by molar-refractivity contribution is 7.14. The Hall–Kier alpha value is -3.05. The van der Waals surface area contributed by atoms with E-state index in [1.165, 1.54) is 10.8 Å². The minimum atomic E-state index is 0.585. The van der Waals surface area contributed by atoms with Gasteiger partial charge >= 0.3 is 0 Å². The minimum absolute atomic E-state index is 0.585. The van der Waals surface area contributed by atoms with Gasteiger partial charge in [-0.25, -0.2) is 4.98 Å². The van der Waals surface area contributed by atoms with Crippen molar-refractivity contribution in [1.82, 2.24) is 4.98 Å². The third-order valence-electron chi connectivity index (χ3n) is 4.37. The minimum Gasteiger partial charge on any atom is -0.486 e. The molecular formula is C21H16N2O2S. The summed E-state index contributed by atoms with van der Waals surface area (Å²) in [6.45, 7) is 1.18. The van der Waals surface area contributed by atoms with E-state index in [0.717, 1.165) is 33.6 Å². The smallest absolute Gasteiger partial charge is 0.187 e. The van der Waals surface area contributed by atoms with Crippen LogP contribution in [0.4, 0.5) is 10.8 Å². The number of anilines is 2. The van der Waals surface area contributed by atoms with Gasteiger partial charge in [-0.05, 0) is 29.7 Å². The van der Waals surface area contributed by atoms with Crippen LogP contribution in [0.2, 0.25) is 0 Å². The van der Waals surface area contributed by atoms with Crippen LogP contribution in [0.1, 0.15) is 0 Å². The van der Waals surface area contributed by atoms with Gasteiger partial charge in [-0.2, -0.15) is 0 Å². The Bertz CT molecular complexity index is 1090. The summed E-state index contributed by atoms with van der Waals surface area (Å²) in [5.41, 5.74) is 3.01. The molecule has 0 atom stereocenters. The molecule has 5 rings (SSSR count). The van der Waals surface area contributed by atoms with Gasteiger partial charge in [0.1, 0.15) is 13.2 Å². The van der Waals surface area contributed by atoms with E-state index in [-0.39, 0.29) is 0 Å². The van der Waals surface area contributed by atoms with Crippen molar-refractivity contribution in [2.24, 2.45) is 0 Å². The molecule has 0 radical (unpaired) electrons. The molecule has 26 heavy (non-hydrogen) atoms. The van der Waals surface area contributed by atoms with E-state index in [9.17, 15) is 0 Å². The Kier molecular flexibility index (Phi) is 3.72. The third-order valence-corrected chi connectivity index (χ3v) is 5.13. The van der Waals surface area contributed by atoms with Crippen molar-refractivity contribution < 1.29 is 9.47 Å². The molecule has 3 aromatic carbocycles. The van der Waals surface area contributed by atoms with Crippen molar-refractivity contribution in [1.29, 1.82) is 0 Å². The van der Waals surface area contributed by atoms with Crippen LogP contribution >= 0.6 is 11.3 Å². The molecule has 1 aliphatic rings. The summed E-state index contributed by atoms with van der Waals surface area (Å²) in [5.74, 6) is 1.58. The van der Waals surface area contributed by atoms with Crippen molar-refractivity contribution in [3.05, 3.63) is 66.0 Å². The zero-order valence-corrected chi connectivity index (χ0v) is 14.8. The second kappa shape index (κ2) is 6.35. The molecule has 1 aromatic heterocycles. The summed E-state index contributed by atoms with van der Waals surface area (Å²) in [7, 11) is 0. The molecule has 0 spiro atoms. The average Bonchev–Trinajstić information content (AvgIpc) is 3.16. The first-order valence-corrected chi connectivity index (χ1v) is 9.35. The van der Waals surface area contributed by atoms with Gasteiger partial charge in [-0.15, -0.1) is 11.3 Å². The van der Waals surface area contributed by atoms with Crippen molar-refractivity contribution in [3.63, 3.8) is 0 Å². The lowest BCUT2D eigenvalue weighted by molar-refractivity contribution is 0.171. The largest absolute Gasteiger partial charge is 0.486 e. The van der Waals surface area contributed by atoms with E-state index in [1.807, 2.05) is 18.2 Å². The number of fused-ring (bicyclic) bond motifs is 2. The lowest BCUT2D eigenvalue weighted by Crippen LogP contribution is -2.15. The number of nitrogens with one attached hydrogen (secondary N) is 1. The maximum atomic E-state index is 5.67. The molecular weight excluding hydrogens is 344 g/mol. The molecule has 4 nitrogen and oxygen atoms in total. The number of benzene rings is 3. The number of hydrogen-bond acceptors (Lipinski definition) is 5. The van der Waals surface area contributed by atoms with Gasteiger partial charge in [0.05, 0.1) is 5.69 Å². The van der Waals surface area contributed by atoms with Gasteiger partial charge < -0.3 is 14.8 Å². The molecule has 0 bridgehead atoms. The Labute approximate surface area is 155 Å². The maximum absolute atomic E-state index is 5.67. The third kappa shape index (κ3) is 2.76. The van der Waals surface area contributed by atoms with E-state index >= 15 is 0 Å². The number of hydrogen-bond donors (Lipinski definition) is 1. The Morgan fingerprint density at radius 2 is 1.73 bits per heavy atom. The van der Waals surface area contributed by atoms with Gasteiger partial charge in [0.15, 0.2) is 16.6 Å². The zero-order chi connectivity index (χ0) is 17.3. The normalized spacial score (nSPS) is 12.9. The SMILES string of the molecule is c1ccc2c(Nc3nc(-c4ccc5c(c4)OCCO5)cs3)cccc2c1. The highest BCUT2D eigenvalue weighted by atomic mass is 32.1. The molecule has 1 aliphatic heterocycles. The molecule has 2 heterocycles. The average molecular weight is 360 g/mol. The van der Waals surface area contributed by atoms with E-state index in [4.69, 9.17) is 14.5 Å². The Balaban J connectivity index is 1.45. The molecule has 128 valence electrons. The molecule has 0 saturated carbocycles. The first-order chi connectivity index (χ1) is 12.9. The van der Waals surface area contributed by atoms with Crippen LogP contribution in [-0.4, -0.2) is 18.2 Å². The molecule has 0 saturated heterocycles. The number of rotatable bonds is 3. The van der Waals surface area contributed by atoms with Gasteiger partial charge in [0.2, 0.25) is 0 Å². The van der Waals surface area contributed by atoms with Crippen LogP contribution in [-0.2, 0) is 0 Å². The van der Waals surface area contributed by atoms with Crippen LogP contribution in [0.3, 0.4) is 0 Å². The standard InChI is InChI=1S/C21H16N2O2S/c1-2-6-16-14(4-1)5-3-7-17(16)22-21-23-18(13-26-21)15-8-9-19-20(12-15)25-11-10-24-19/h1-9,12-13H,10-11H2,(H,22,23). The fourth-order valence-electron chi connectivity index (χ4n) is 3.12. The molecule has 1 N–H and O–H groups in total. The highest BCUT2D eigenvalue weighted by Gasteiger charge is 2.14. The summed E-state index contributed by atoms with van der Waals surface area (Å²) in [5, 5.41) is 8.77. The number of ether oxygens (including phenoxy) is 2. The van der Waals surface area contributed by atoms with Crippen LogP contribution in [0.25, 0.3) is 22.0 Å².